The van der Waals surface area contributed by atoms with E-state index in [-0.39, 0.29) is 0 Å². The van der Waals surface area contributed by atoms with Crippen LogP contribution >= 0.6 is 0 Å². The summed E-state index contributed by atoms with van der Waals surface area (Å²) in [7, 11) is 0. The summed E-state index contributed by atoms with van der Waals surface area (Å²) in [6.07, 6.45) is 7.59. The molecule has 2 rings (SSSR count). The van der Waals surface area contributed by atoms with Crippen molar-refractivity contribution in [2.75, 3.05) is 6.54 Å². The van der Waals surface area contributed by atoms with Crippen LogP contribution in [0, 0.1) is 17.2 Å². The molecule has 0 amide bonds. The predicted octanol–water partition coefficient (Wildman–Crippen LogP) is 3.27. The molecule has 3 unspecified atom stereocenters. The van der Waals surface area contributed by atoms with Crippen molar-refractivity contribution in [3.05, 3.63) is 0 Å². The standard InChI is InChI=1S/C13H24N2/c1-10-6-5-7-12(11(10)2)15-9-4-3-8-13(15)14/h10-12,14H,3-9H2,1-2H3. The van der Waals surface area contributed by atoms with Gasteiger partial charge in [-0.3, -0.25) is 5.41 Å². The van der Waals surface area contributed by atoms with Gasteiger partial charge in [-0.2, -0.15) is 0 Å². The normalized spacial score (nSPS) is 38.1. The minimum absolute atomic E-state index is 0.668. The molecule has 0 spiro atoms. The van der Waals surface area contributed by atoms with Crippen molar-refractivity contribution in [2.45, 2.75) is 58.4 Å². The molecule has 1 saturated heterocycles. The summed E-state index contributed by atoms with van der Waals surface area (Å²) in [5.74, 6) is 2.53. The van der Waals surface area contributed by atoms with Crippen molar-refractivity contribution >= 4 is 5.84 Å². The first-order valence-electron chi connectivity index (χ1n) is 6.54. The molecule has 1 heterocycles. The number of hydrogen-bond acceptors (Lipinski definition) is 1. The zero-order valence-electron chi connectivity index (χ0n) is 10.1. The van der Waals surface area contributed by atoms with Crippen molar-refractivity contribution in [2.24, 2.45) is 11.8 Å². The minimum atomic E-state index is 0.668. The van der Waals surface area contributed by atoms with E-state index in [2.05, 4.69) is 18.7 Å². The Kier molecular flexibility index (Phi) is 3.32. The number of nitrogens with one attached hydrogen (secondary N) is 1. The SMILES string of the molecule is CC1CCCC(N2CCCCC2=N)C1C. The molecule has 1 aliphatic carbocycles. The average Bonchev–Trinajstić information content (AvgIpc) is 2.23. The summed E-state index contributed by atoms with van der Waals surface area (Å²) in [4.78, 5) is 2.41. The van der Waals surface area contributed by atoms with Gasteiger partial charge in [-0.15, -0.1) is 0 Å². The van der Waals surface area contributed by atoms with Gasteiger partial charge < -0.3 is 4.90 Å². The van der Waals surface area contributed by atoms with E-state index < -0.39 is 0 Å². The Labute approximate surface area is 93.6 Å². The zero-order chi connectivity index (χ0) is 10.8. The number of hydrogen-bond donors (Lipinski definition) is 1. The van der Waals surface area contributed by atoms with Gasteiger partial charge in [0.2, 0.25) is 0 Å². The molecule has 0 aromatic carbocycles. The van der Waals surface area contributed by atoms with Gasteiger partial charge in [0.1, 0.15) is 0 Å². The Hall–Kier alpha value is -0.530. The van der Waals surface area contributed by atoms with Gasteiger partial charge in [-0.05, 0) is 31.1 Å². The van der Waals surface area contributed by atoms with Crippen LogP contribution in [0.25, 0.3) is 0 Å². The Bertz CT molecular complexity index is 237. The summed E-state index contributed by atoms with van der Waals surface area (Å²) in [5, 5.41) is 8.06. The van der Waals surface area contributed by atoms with Crippen LogP contribution in [0.15, 0.2) is 0 Å². The van der Waals surface area contributed by atoms with Crippen LogP contribution in [0.1, 0.15) is 52.4 Å². The van der Waals surface area contributed by atoms with Gasteiger partial charge in [0.15, 0.2) is 0 Å². The summed E-state index contributed by atoms with van der Waals surface area (Å²) in [5.41, 5.74) is 0. The van der Waals surface area contributed by atoms with Crippen molar-refractivity contribution in [3.63, 3.8) is 0 Å². The van der Waals surface area contributed by atoms with E-state index in [1.807, 2.05) is 0 Å². The summed E-state index contributed by atoms with van der Waals surface area (Å²) in [6, 6.07) is 0.668. The topological polar surface area (TPSA) is 27.1 Å². The molecule has 0 radical (unpaired) electrons. The highest BCUT2D eigenvalue weighted by molar-refractivity contribution is 5.80. The first-order valence-corrected chi connectivity index (χ1v) is 6.54. The highest BCUT2D eigenvalue weighted by Crippen LogP contribution is 2.34. The molecule has 86 valence electrons. The fourth-order valence-electron chi connectivity index (χ4n) is 3.21. The molecule has 2 nitrogen and oxygen atoms in total. The maximum Gasteiger partial charge on any atom is 0.0960 e. The van der Waals surface area contributed by atoms with Crippen LogP contribution in [0.2, 0.25) is 0 Å². The molecule has 0 aromatic rings. The number of piperidine rings is 1. The summed E-state index contributed by atoms with van der Waals surface area (Å²) in [6.45, 7) is 5.90. The Balaban J connectivity index is 2.04. The minimum Gasteiger partial charge on any atom is -0.357 e. The third-order valence-electron chi connectivity index (χ3n) is 4.47. The van der Waals surface area contributed by atoms with Crippen LogP contribution in [0.3, 0.4) is 0 Å². The smallest absolute Gasteiger partial charge is 0.0960 e. The quantitative estimate of drug-likeness (QED) is 0.703. The maximum atomic E-state index is 8.06. The molecular weight excluding hydrogens is 184 g/mol. The van der Waals surface area contributed by atoms with E-state index in [0.717, 1.165) is 30.6 Å². The molecule has 1 saturated carbocycles. The highest BCUT2D eigenvalue weighted by atomic mass is 15.2. The zero-order valence-corrected chi connectivity index (χ0v) is 10.1. The van der Waals surface area contributed by atoms with Crippen molar-refractivity contribution in [1.82, 2.24) is 4.90 Å². The van der Waals surface area contributed by atoms with Gasteiger partial charge in [0, 0.05) is 19.0 Å². The van der Waals surface area contributed by atoms with Gasteiger partial charge in [-0.1, -0.05) is 26.7 Å². The van der Waals surface area contributed by atoms with Gasteiger partial charge >= 0.3 is 0 Å². The molecule has 15 heavy (non-hydrogen) atoms. The van der Waals surface area contributed by atoms with Gasteiger partial charge in [-0.25, -0.2) is 0 Å². The number of rotatable bonds is 1. The van der Waals surface area contributed by atoms with Crippen LogP contribution in [-0.4, -0.2) is 23.3 Å². The second-order valence-corrected chi connectivity index (χ2v) is 5.43. The first-order chi connectivity index (χ1) is 7.20. The van der Waals surface area contributed by atoms with E-state index in [1.165, 1.54) is 32.1 Å². The van der Waals surface area contributed by atoms with Crippen LogP contribution in [0.5, 0.6) is 0 Å². The largest absolute Gasteiger partial charge is 0.357 e. The van der Waals surface area contributed by atoms with Crippen molar-refractivity contribution in [1.29, 1.82) is 5.41 Å². The van der Waals surface area contributed by atoms with Crippen molar-refractivity contribution in [3.8, 4) is 0 Å². The van der Waals surface area contributed by atoms with Crippen LogP contribution in [0.4, 0.5) is 0 Å². The van der Waals surface area contributed by atoms with Gasteiger partial charge in [0.05, 0.1) is 5.84 Å². The number of nitrogens with zero attached hydrogens (tertiary/aromatic N) is 1. The monoisotopic (exact) mass is 208 g/mol. The fraction of sp³-hybridized carbons (Fsp3) is 0.923. The van der Waals surface area contributed by atoms with Gasteiger partial charge in [0.25, 0.3) is 0 Å². The first kappa shape index (κ1) is 11.0. The molecule has 0 aromatic heterocycles. The number of likely N-dealkylation sites (tertiary alicyclic amines) is 1. The molecule has 1 aliphatic heterocycles. The molecule has 0 bridgehead atoms. The molecule has 1 N–H and O–H groups in total. The fourth-order valence-corrected chi connectivity index (χ4v) is 3.21. The Morgan fingerprint density at radius 2 is 1.93 bits per heavy atom. The second kappa shape index (κ2) is 4.54. The lowest BCUT2D eigenvalue weighted by molar-refractivity contribution is 0.125. The van der Waals surface area contributed by atoms with E-state index in [1.54, 1.807) is 0 Å². The molecule has 2 heteroatoms. The second-order valence-electron chi connectivity index (χ2n) is 5.43. The van der Waals surface area contributed by atoms with Crippen LogP contribution in [-0.2, 0) is 0 Å². The Morgan fingerprint density at radius 1 is 1.13 bits per heavy atom. The third kappa shape index (κ3) is 2.19. The predicted molar refractivity (Wildman–Crippen MR) is 64.3 cm³/mol. The van der Waals surface area contributed by atoms with E-state index in [0.29, 0.717) is 6.04 Å². The lowest BCUT2D eigenvalue weighted by atomic mass is 9.77. The number of amidine groups is 1. The van der Waals surface area contributed by atoms with E-state index in [4.69, 9.17) is 5.41 Å². The lowest BCUT2D eigenvalue weighted by Gasteiger charge is -2.44. The summed E-state index contributed by atoms with van der Waals surface area (Å²) < 4.78 is 0. The average molecular weight is 208 g/mol. The highest BCUT2D eigenvalue weighted by Gasteiger charge is 2.33. The van der Waals surface area contributed by atoms with E-state index in [9.17, 15) is 0 Å². The Morgan fingerprint density at radius 3 is 2.67 bits per heavy atom. The third-order valence-corrected chi connectivity index (χ3v) is 4.47. The molecule has 3 atom stereocenters. The lowest BCUT2D eigenvalue weighted by Crippen LogP contribution is -2.48. The molecule has 2 fully saturated rings. The maximum absolute atomic E-state index is 8.06. The molecular formula is C13H24N2. The van der Waals surface area contributed by atoms with Crippen LogP contribution < -0.4 is 0 Å². The van der Waals surface area contributed by atoms with Crippen molar-refractivity contribution < 1.29 is 0 Å². The van der Waals surface area contributed by atoms with E-state index >= 15 is 0 Å². The summed E-state index contributed by atoms with van der Waals surface area (Å²) >= 11 is 0. The molecule has 2 aliphatic rings.